The van der Waals surface area contributed by atoms with Gasteiger partial charge in [0.15, 0.2) is 0 Å². The van der Waals surface area contributed by atoms with Gasteiger partial charge in [0.1, 0.15) is 11.0 Å². The lowest BCUT2D eigenvalue weighted by atomic mass is 10.2. The second-order valence-corrected chi connectivity index (χ2v) is 3.67. The fourth-order valence-electron chi connectivity index (χ4n) is 1.77. The minimum atomic E-state index is 0.874. The maximum atomic E-state index is 4.42. The van der Waals surface area contributed by atoms with Crippen LogP contribution in [0.15, 0.2) is 24.7 Å². The zero-order valence-corrected chi connectivity index (χ0v) is 8.60. The molecule has 74 valence electrons. The molecule has 0 saturated carbocycles. The Bertz CT molecular complexity index is 654. The maximum absolute atomic E-state index is 4.42. The molecule has 0 saturated heterocycles. The van der Waals surface area contributed by atoms with Crippen molar-refractivity contribution in [3.05, 3.63) is 30.4 Å². The Kier molecular flexibility index (Phi) is 1.54. The molecular weight excluding hydrogens is 188 g/mol. The number of benzene rings is 1. The normalized spacial score (nSPS) is 11.3. The number of rotatable bonds is 0. The summed E-state index contributed by atoms with van der Waals surface area (Å²) in [6.07, 6.45) is 3.57. The summed E-state index contributed by atoms with van der Waals surface area (Å²) in [4.78, 5) is 13.1. The highest BCUT2D eigenvalue weighted by Gasteiger charge is 2.06. The minimum absolute atomic E-state index is 0.874. The lowest BCUT2D eigenvalue weighted by Crippen LogP contribution is -1.89. The second kappa shape index (κ2) is 2.76. The third kappa shape index (κ3) is 1.11. The van der Waals surface area contributed by atoms with E-state index in [1.54, 1.807) is 12.5 Å². The number of aryl methyl sites for hydroxylation is 2. The molecule has 0 spiro atoms. The van der Waals surface area contributed by atoms with E-state index >= 15 is 0 Å². The SMILES string of the molecule is Cc1cnc2c(ccc3c2ncn3C)n1. The first-order chi connectivity index (χ1) is 7.25. The molecule has 1 aromatic carbocycles. The van der Waals surface area contributed by atoms with Gasteiger partial charge in [0.25, 0.3) is 0 Å². The summed E-state index contributed by atoms with van der Waals surface area (Å²) in [6.45, 7) is 1.94. The summed E-state index contributed by atoms with van der Waals surface area (Å²) in [5.41, 5.74) is 4.71. The van der Waals surface area contributed by atoms with Crippen molar-refractivity contribution in [1.29, 1.82) is 0 Å². The van der Waals surface area contributed by atoms with Crippen molar-refractivity contribution in [1.82, 2.24) is 19.5 Å². The average molecular weight is 198 g/mol. The van der Waals surface area contributed by atoms with Crippen LogP contribution in [0.5, 0.6) is 0 Å². The van der Waals surface area contributed by atoms with Crippen LogP contribution in [-0.2, 0) is 7.05 Å². The average Bonchev–Trinajstić information content (AvgIpc) is 2.60. The summed E-state index contributed by atoms with van der Waals surface area (Å²) in [6, 6.07) is 4.01. The molecule has 15 heavy (non-hydrogen) atoms. The summed E-state index contributed by atoms with van der Waals surface area (Å²) < 4.78 is 1.98. The number of aromatic nitrogens is 4. The van der Waals surface area contributed by atoms with Gasteiger partial charge in [0.2, 0.25) is 0 Å². The first-order valence-electron chi connectivity index (χ1n) is 4.79. The molecule has 4 heteroatoms. The Morgan fingerprint density at radius 2 is 2.00 bits per heavy atom. The van der Waals surface area contributed by atoms with Crippen LogP contribution in [0.1, 0.15) is 5.69 Å². The Hall–Kier alpha value is -1.97. The minimum Gasteiger partial charge on any atom is -0.334 e. The van der Waals surface area contributed by atoms with Crippen LogP contribution in [0, 0.1) is 6.92 Å². The molecule has 0 unspecified atom stereocenters. The molecule has 0 amide bonds. The molecule has 0 bridgehead atoms. The number of fused-ring (bicyclic) bond motifs is 3. The fourth-order valence-corrected chi connectivity index (χ4v) is 1.77. The fraction of sp³-hybridized carbons (Fsp3) is 0.182. The zero-order chi connectivity index (χ0) is 10.4. The summed E-state index contributed by atoms with van der Waals surface area (Å²) in [7, 11) is 1.97. The van der Waals surface area contributed by atoms with Gasteiger partial charge in [-0.3, -0.25) is 4.98 Å². The van der Waals surface area contributed by atoms with Crippen LogP contribution in [0.4, 0.5) is 0 Å². The highest BCUT2D eigenvalue weighted by Crippen LogP contribution is 2.20. The van der Waals surface area contributed by atoms with E-state index in [-0.39, 0.29) is 0 Å². The monoisotopic (exact) mass is 198 g/mol. The van der Waals surface area contributed by atoms with Gasteiger partial charge in [-0.1, -0.05) is 0 Å². The van der Waals surface area contributed by atoms with E-state index in [4.69, 9.17) is 0 Å². The number of nitrogens with zero attached hydrogens (tertiary/aromatic N) is 4. The first kappa shape index (κ1) is 8.35. The molecular formula is C11H10N4. The van der Waals surface area contributed by atoms with Crippen molar-refractivity contribution >= 4 is 22.1 Å². The Morgan fingerprint density at radius 1 is 1.13 bits per heavy atom. The Balaban J connectivity index is 2.55. The van der Waals surface area contributed by atoms with E-state index < -0.39 is 0 Å². The summed E-state index contributed by atoms with van der Waals surface area (Å²) in [5.74, 6) is 0. The van der Waals surface area contributed by atoms with Crippen LogP contribution >= 0.6 is 0 Å². The highest BCUT2D eigenvalue weighted by atomic mass is 15.0. The molecule has 0 N–H and O–H groups in total. The molecule has 0 atom stereocenters. The highest BCUT2D eigenvalue weighted by molar-refractivity contribution is 5.99. The number of imidazole rings is 1. The lowest BCUT2D eigenvalue weighted by molar-refractivity contribution is 0.948. The third-order valence-electron chi connectivity index (χ3n) is 2.53. The molecule has 0 aliphatic rings. The van der Waals surface area contributed by atoms with Gasteiger partial charge in [-0.25, -0.2) is 9.97 Å². The van der Waals surface area contributed by atoms with Crippen molar-refractivity contribution in [2.75, 3.05) is 0 Å². The van der Waals surface area contributed by atoms with Crippen LogP contribution < -0.4 is 0 Å². The van der Waals surface area contributed by atoms with Gasteiger partial charge < -0.3 is 4.57 Å². The lowest BCUT2D eigenvalue weighted by Gasteiger charge is -1.99. The molecule has 0 aliphatic heterocycles. The molecule has 4 nitrogen and oxygen atoms in total. The van der Waals surface area contributed by atoms with Crippen molar-refractivity contribution in [2.45, 2.75) is 6.92 Å². The van der Waals surface area contributed by atoms with Crippen molar-refractivity contribution in [3.8, 4) is 0 Å². The zero-order valence-electron chi connectivity index (χ0n) is 8.60. The molecule has 2 heterocycles. The Morgan fingerprint density at radius 3 is 2.87 bits per heavy atom. The maximum Gasteiger partial charge on any atom is 0.116 e. The topological polar surface area (TPSA) is 43.6 Å². The predicted octanol–water partition coefficient (Wildman–Crippen LogP) is 1.82. The van der Waals surface area contributed by atoms with Crippen molar-refractivity contribution in [2.24, 2.45) is 7.05 Å². The van der Waals surface area contributed by atoms with Gasteiger partial charge in [0.05, 0.1) is 23.1 Å². The van der Waals surface area contributed by atoms with Gasteiger partial charge in [-0.2, -0.15) is 0 Å². The molecule has 3 aromatic rings. The first-order valence-corrected chi connectivity index (χ1v) is 4.79. The number of hydrogen-bond acceptors (Lipinski definition) is 3. The van der Waals surface area contributed by atoms with Crippen molar-refractivity contribution < 1.29 is 0 Å². The van der Waals surface area contributed by atoms with Crippen LogP contribution in [0.25, 0.3) is 22.1 Å². The van der Waals surface area contributed by atoms with Gasteiger partial charge in [0, 0.05) is 13.2 Å². The van der Waals surface area contributed by atoms with Crippen LogP contribution in [0.2, 0.25) is 0 Å². The van der Waals surface area contributed by atoms with Crippen LogP contribution in [-0.4, -0.2) is 19.5 Å². The molecule has 0 aliphatic carbocycles. The predicted molar refractivity (Wildman–Crippen MR) is 58.5 cm³/mol. The van der Waals surface area contributed by atoms with E-state index in [0.717, 1.165) is 27.8 Å². The third-order valence-corrected chi connectivity index (χ3v) is 2.53. The smallest absolute Gasteiger partial charge is 0.116 e. The Labute approximate surface area is 86.6 Å². The van der Waals surface area contributed by atoms with Crippen molar-refractivity contribution in [3.63, 3.8) is 0 Å². The second-order valence-electron chi connectivity index (χ2n) is 3.67. The van der Waals surface area contributed by atoms with E-state index in [0.29, 0.717) is 0 Å². The molecule has 0 radical (unpaired) electrons. The van der Waals surface area contributed by atoms with E-state index in [2.05, 4.69) is 15.0 Å². The molecule has 3 rings (SSSR count). The van der Waals surface area contributed by atoms with Crippen LogP contribution in [0.3, 0.4) is 0 Å². The number of hydrogen-bond donors (Lipinski definition) is 0. The van der Waals surface area contributed by atoms with E-state index in [9.17, 15) is 0 Å². The van der Waals surface area contributed by atoms with Gasteiger partial charge >= 0.3 is 0 Å². The standard InChI is InChI=1S/C11H10N4/c1-7-5-12-10-8(14-7)3-4-9-11(10)13-6-15(9)2/h3-6H,1-2H3. The largest absolute Gasteiger partial charge is 0.334 e. The van der Waals surface area contributed by atoms with E-state index in [1.165, 1.54) is 0 Å². The summed E-state index contributed by atoms with van der Waals surface area (Å²) >= 11 is 0. The summed E-state index contributed by atoms with van der Waals surface area (Å²) in [5, 5.41) is 0. The van der Waals surface area contributed by atoms with Gasteiger partial charge in [-0.15, -0.1) is 0 Å². The molecule has 2 aromatic heterocycles. The van der Waals surface area contributed by atoms with E-state index in [1.807, 2.05) is 30.7 Å². The van der Waals surface area contributed by atoms with Gasteiger partial charge in [-0.05, 0) is 19.1 Å². The quantitative estimate of drug-likeness (QED) is 0.553. The molecule has 0 fully saturated rings.